The van der Waals surface area contributed by atoms with E-state index in [4.69, 9.17) is 18.3 Å². The number of carbonyl (C=O) groups excluding carboxylic acids is 1. The van der Waals surface area contributed by atoms with Gasteiger partial charge in [0.25, 0.3) is 5.56 Å². The Hall–Kier alpha value is -2.74. The third-order valence-corrected chi connectivity index (χ3v) is 16.9. The summed E-state index contributed by atoms with van der Waals surface area (Å²) in [7, 11) is -4.63. The van der Waals surface area contributed by atoms with Gasteiger partial charge >= 0.3 is 11.7 Å². The number of nitrogens with zero attached hydrogens (tertiary/aromatic N) is 1. The lowest BCUT2D eigenvalue weighted by molar-refractivity contribution is 0.0154. The number of nitrogens with one attached hydrogen (secondary N) is 1. The predicted molar refractivity (Wildman–Crippen MR) is 156 cm³/mol. The Bertz CT molecular complexity index is 1330. The molecule has 0 aliphatic carbocycles. The summed E-state index contributed by atoms with van der Waals surface area (Å²) < 4.78 is 26.8. The average molecular weight is 575 g/mol. The van der Waals surface area contributed by atoms with Crippen LogP contribution < -0.4 is 11.2 Å². The lowest BCUT2D eigenvalue weighted by Gasteiger charge is -2.40. The molecule has 1 aliphatic rings. The van der Waals surface area contributed by atoms with Gasteiger partial charge in [-0.25, -0.2) is 14.2 Å². The van der Waals surface area contributed by atoms with E-state index in [0.29, 0.717) is 5.56 Å². The van der Waals surface area contributed by atoms with Crippen molar-refractivity contribution in [2.75, 3.05) is 6.61 Å². The molecule has 1 aromatic carbocycles. The van der Waals surface area contributed by atoms with Crippen LogP contribution in [0.5, 0.6) is 0 Å². The van der Waals surface area contributed by atoms with Crippen LogP contribution in [0.4, 0.5) is 0 Å². The molecule has 3 rings (SSSR count). The number of hydrogen-bond donors (Lipinski definition) is 1. The average Bonchev–Trinajstić information content (AvgIpc) is 3.13. The van der Waals surface area contributed by atoms with Crippen LogP contribution in [-0.4, -0.2) is 51.0 Å². The summed E-state index contributed by atoms with van der Waals surface area (Å²) in [5, 5.41) is -0.208. The SMILES string of the molecule is CC(C)(C)[Si](C)(C)OC[C@H]1OC(n2ccc(=O)[nH]c2=O)=C(OC(=O)c2ccccc2)[C@@H]1O[Si](C)(C)C(C)(C)C. The largest absolute Gasteiger partial charge is 0.467 e. The molecule has 0 amide bonds. The van der Waals surface area contributed by atoms with Crippen LogP contribution in [0, 0.1) is 0 Å². The zero-order chi connectivity index (χ0) is 29.4. The molecular formula is C28H42N2O7Si2. The van der Waals surface area contributed by atoms with Crippen LogP contribution in [0.2, 0.25) is 36.3 Å². The fourth-order valence-electron chi connectivity index (χ4n) is 3.39. The van der Waals surface area contributed by atoms with Crippen LogP contribution in [0.15, 0.2) is 57.9 Å². The third kappa shape index (κ3) is 6.89. The summed E-state index contributed by atoms with van der Waals surface area (Å²) >= 11 is 0. The molecule has 2 atom stereocenters. The Morgan fingerprint density at radius 3 is 2.08 bits per heavy atom. The monoisotopic (exact) mass is 574 g/mol. The van der Waals surface area contributed by atoms with Gasteiger partial charge in [0.05, 0.1) is 12.2 Å². The zero-order valence-electron chi connectivity index (χ0n) is 24.7. The number of aromatic nitrogens is 2. The highest BCUT2D eigenvalue weighted by atomic mass is 28.4. The van der Waals surface area contributed by atoms with Crippen molar-refractivity contribution in [2.45, 2.75) is 90.0 Å². The summed E-state index contributed by atoms with van der Waals surface area (Å²) in [4.78, 5) is 40.1. The first-order valence-electron chi connectivity index (χ1n) is 13.2. The van der Waals surface area contributed by atoms with Crippen molar-refractivity contribution in [2.24, 2.45) is 0 Å². The van der Waals surface area contributed by atoms with Crippen molar-refractivity contribution >= 4 is 28.5 Å². The van der Waals surface area contributed by atoms with Crippen molar-refractivity contribution in [3.8, 4) is 0 Å². The van der Waals surface area contributed by atoms with Gasteiger partial charge in [-0.15, -0.1) is 0 Å². The second kappa shape index (κ2) is 11.0. The summed E-state index contributed by atoms with van der Waals surface area (Å²) in [5.74, 6) is -0.543. The van der Waals surface area contributed by atoms with Crippen LogP contribution in [0.25, 0.3) is 5.88 Å². The Balaban J connectivity index is 2.14. The first-order chi connectivity index (χ1) is 17.8. The van der Waals surface area contributed by atoms with Gasteiger partial charge in [-0.3, -0.25) is 9.78 Å². The van der Waals surface area contributed by atoms with E-state index in [2.05, 4.69) is 72.7 Å². The van der Waals surface area contributed by atoms with Gasteiger partial charge in [0.2, 0.25) is 5.88 Å². The second-order valence-electron chi connectivity index (χ2n) is 12.9. The van der Waals surface area contributed by atoms with Crippen molar-refractivity contribution < 1.29 is 23.1 Å². The Kier molecular flexibility index (Phi) is 8.71. The smallest absolute Gasteiger partial charge is 0.343 e. The minimum Gasteiger partial charge on any atom is -0.467 e. The van der Waals surface area contributed by atoms with Gasteiger partial charge < -0.3 is 18.3 Å². The molecule has 1 aromatic heterocycles. The van der Waals surface area contributed by atoms with Gasteiger partial charge in [0.15, 0.2) is 28.5 Å². The molecule has 214 valence electrons. The Morgan fingerprint density at radius 2 is 1.54 bits per heavy atom. The highest BCUT2D eigenvalue weighted by molar-refractivity contribution is 6.74. The van der Waals surface area contributed by atoms with Crippen molar-refractivity contribution in [1.82, 2.24) is 9.55 Å². The van der Waals surface area contributed by atoms with E-state index in [-0.39, 0.29) is 28.3 Å². The first kappa shape index (κ1) is 30.8. The van der Waals surface area contributed by atoms with E-state index in [9.17, 15) is 14.4 Å². The molecule has 0 spiro atoms. The highest BCUT2D eigenvalue weighted by Crippen LogP contribution is 2.43. The van der Waals surface area contributed by atoms with E-state index >= 15 is 0 Å². The lowest BCUT2D eigenvalue weighted by atomic mass is 10.2. The van der Waals surface area contributed by atoms with Crippen LogP contribution in [0.3, 0.4) is 0 Å². The molecule has 2 heterocycles. The molecule has 39 heavy (non-hydrogen) atoms. The van der Waals surface area contributed by atoms with E-state index in [1.165, 1.54) is 12.3 Å². The van der Waals surface area contributed by atoms with E-state index in [1.54, 1.807) is 30.3 Å². The predicted octanol–water partition coefficient (Wildman–Crippen LogP) is 5.33. The number of H-pyrrole nitrogens is 1. The number of carbonyl (C=O) groups is 1. The molecule has 0 saturated carbocycles. The number of aromatic amines is 1. The molecule has 0 bridgehead atoms. The minimum absolute atomic E-state index is 0.00642. The maximum absolute atomic E-state index is 13.3. The van der Waals surface area contributed by atoms with Crippen LogP contribution in [-0.2, 0) is 18.3 Å². The second-order valence-corrected chi connectivity index (χ2v) is 22.5. The molecule has 1 N–H and O–H groups in total. The fraction of sp³-hybridized carbons (Fsp3) is 0.536. The third-order valence-electron chi connectivity index (χ3n) is 7.97. The quantitative estimate of drug-likeness (QED) is 0.335. The van der Waals surface area contributed by atoms with Crippen LogP contribution >= 0.6 is 0 Å². The maximum Gasteiger partial charge on any atom is 0.343 e. The molecule has 0 saturated heterocycles. The standard InChI is InChI=1S/C28H42N2O7Si2/c1-27(2,3)38(7,8)34-18-20-22(37-39(9,10)28(4,5)6)23(36-25(32)19-14-12-11-13-15-19)24(35-20)30-17-16-21(31)29-26(30)33/h11-17,20,22H,18H2,1-10H3,(H,29,31,33)/t20-,22-/m1/s1. The van der Waals surface area contributed by atoms with Gasteiger partial charge in [-0.05, 0) is 48.4 Å². The van der Waals surface area contributed by atoms with Crippen LogP contribution in [0.1, 0.15) is 51.9 Å². The summed E-state index contributed by atoms with van der Waals surface area (Å²) in [6, 6.07) is 9.78. The minimum atomic E-state index is -2.44. The summed E-state index contributed by atoms with van der Waals surface area (Å²) in [6.07, 6.45) is -0.217. The van der Waals surface area contributed by atoms with Crippen molar-refractivity contribution in [3.63, 3.8) is 0 Å². The molecule has 9 nitrogen and oxygen atoms in total. The molecule has 2 aromatic rings. The number of benzene rings is 1. The normalized spacial score (nSPS) is 18.7. The molecule has 1 aliphatic heterocycles. The van der Waals surface area contributed by atoms with Crippen molar-refractivity contribution in [1.29, 1.82) is 0 Å². The highest BCUT2D eigenvalue weighted by Gasteiger charge is 2.49. The molecule has 0 radical (unpaired) electrons. The molecule has 11 heteroatoms. The summed E-state index contributed by atoms with van der Waals surface area (Å²) in [6.45, 7) is 21.4. The Labute approximate surface area is 232 Å². The van der Waals surface area contributed by atoms with Crippen molar-refractivity contribution in [3.05, 3.63) is 74.8 Å². The summed E-state index contributed by atoms with van der Waals surface area (Å²) in [5.41, 5.74) is -0.933. The molecule has 0 unspecified atom stereocenters. The number of ether oxygens (including phenoxy) is 2. The van der Waals surface area contributed by atoms with Gasteiger partial charge in [-0.1, -0.05) is 59.7 Å². The van der Waals surface area contributed by atoms with Gasteiger partial charge in [-0.2, -0.15) is 0 Å². The first-order valence-corrected chi connectivity index (χ1v) is 19.0. The van der Waals surface area contributed by atoms with E-state index in [0.717, 1.165) is 4.57 Å². The number of rotatable bonds is 8. The molecular weight excluding hydrogens is 532 g/mol. The lowest BCUT2D eigenvalue weighted by Crippen LogP contribution is -2.49. The van der Waals surface area contributed by atoms with Gasteiger partial charge in [0.1, 0.15) is 6.10 Å². The van der Waals surface area contributed by atoms with E-state index < -0.39 is 46.1 Å². The topological polar surface area (TPSA) is 109 Å². The fourth-order valence-corrected chi connectivity index (χ4v) is 5.65. The maximum atomic E-state index is 13.3. The Morgan fingerprint density at radius 1 is 0.949 bits per heavy atom. The zero-order valence-corrected chi connectivity index (χ0v) is 26.7. The number of esters is 1. The number of hydrogen-bond acceptors (Lipinski definition) is 7. The molecule has 0 fully saturated rings. The van der Waals surface area contributed by atoms with E-state index in [1.807, 2.05) is 0 Å². The van der Waals surface area contributed by atoms with Gasteiger partial charge in [0, 0.05) is 12.3 Å².